The topological polar surface area (TPSA) is 120 Å². The van der Waals surface area contributed by atoms with E-state index in [0.717, 1.165) is 0 Å². The van der Waals surface area contributed by atoms with Gasteiger partial charge in [0, 0.05) is 6.04 Å². The van der Waals surface area contributed by atoms with Crippen molar-refractivity contribution in [1.82, 2.24) is 5.32 Å². The first-order valence-electron chi connectivity index (χ1n) is 7.24. The highest BCUT2D eigenvalue weighted by atomic mass is 16.8. The van der Waals surface area contributed by atoms with Crippen molar-refractivity contribution in [2.75, 3.05) is 13.2 Å². The Morgan fingerprint density at radius 2 is 1.91 bits per heavy atom. The number of amides is 1. The molecule has 0 aromatic heterocycles. The molecule has 2 atom stereocenters. The molecule has 1 heterocycles. The van der Waals surface area contributed by atoms with Crippen molar-refractivity contribution >= 4 is 12.2 Å². The van der Waals surface area contributed by atoms with Crippen LogP contribution in [0.5, 0.6) is 0 Å². The van der Waals surface area contributed by atoms with Crippen LogP contribution in [0.25, 0.3) is 0 Å². The molecule has 0 radical (unpaired) electrons. The van der Waals surface area contributed by atoms with Gasteiger partial charge in [0.2, 0.25) is 0 Å². The predicted molar refractivity (Wildman–Crippen MR) is 82.5 cm³/mol. The molecule has 0 bridgehead atoms. The number of rotatable bonds is 3. The summed E-state index contributed by atoms with van der Waals surface area (Å²) in [6, 6.07) is 0.400. The van der Waals surface area contributed by atoms with Crippen LogP contribution < -0.4 is 11.1 Å². The Kier molecular flexibility index (Phi) is 13.6. The number of nitrogens with two attached hydrogens (primary N) is 1. The second-order valence-corrected chi connectivity index (χ2v) is 5.48. The Balaban J connectivity index is 0. The maximum absolute atomic E-state index is 10.7. The molecular weight excluding hydrogens is 292 g/mol. The largest absolute Gasteiger partial charge is 0.508 e. The Morgan fingerprint density at radius 1 is 1.41 bits per heavy atom. The zero-order chi connectivity index (χ0) is 17.7. The molecule has 0 aromatic rings. The lowest BCUT2D eigenvalue weighted by molar-refractivity contribution is 0.0769. The van der Waals surface area contributed by atoms with E-state index in [9.17, 15) is 9.59 Å². The number of aliphatic hydroxyl groups is 1. The molecule has 1 rings (SSSR count). The SMILES string of the molecule is CC(C)N.CC(O)COC(=O)NC(C)C.CC1COC(=O)O1. The van der Waals surface area contributed by atoms with Crippen LogP contribution in [0.3, 0.4) is 0 Å². The summed E-state index contributed by atoms with van der Waals surface area (Å²) in [6.07, 6.45) is -1.69. The number of hydrogen-bond acceptors (Lipinski definition) is 7. The van der Waals surface area contributed by atoms with Crippen LogP contribution in [0.15, 0.2) is 0 Å². The van der Waals surface area contributed by atoms with Gasteiger partial charge in [0.25, 0.3) is 0 Å². The van der Waals surface area contributed by atoms with Gasteiger partial charge in [-0.1, -0.05) is 13.8 Å². The highest BCUT2D eigenvalue weighted by Gasteiger charge is 2.19. The van der Waals surface area contributed by atoms with Gasteiger partial charge in [-0.15, -0.1) is 0 Å². The first-order valence-corrected chi connectivity index (χ1v) is 7.24. The van der Waals surface area contributed by atoms with Crippen LogP contribution in [0.4, 0.5) is 9.59 Å². The van der Waals surface area contributed by atoms with Crippen LogP contribution >= 0.6 is 0 Å². The van der Waals surface area contributed by atoms with E-state index in [1.807, 2.05) is 27.7 Å². The van der Waals surface area contributed by atoms with Crippen LogP contribution in [0.2, 0.25) is 0 Å². The van der Waals surface area contributed by atoms with Crippen molar-refractivity contribution in [3.63, 3.8) is 0 Å². The molecule has 132 valence electrons. The van der Waals surface area contributed by atoms with Gasteiger partial charge >= 0.3 is 12.2 Å². The number of hydrogen-bond donors (Lipinski definition) is 3. The van der Waals surface area contributed by atoms with Crippen molar-refractivity contribution < 1.29 is 28.9 Å². The highest BCUT2D eigenvalue weighted by molar-refractivity contribution is 5.67. The summed E-state index contributed by atoms with van der Waals surface area (Å²) in [4.78, 5) is 20.7. The molecule has 2 unspecified atom stereocenters. The minimum absolute atomic E-state index is 0.0402. The average molecular weight is 322 g/mol. The maximum atomic E-state index is 10.7. The monoisotopic (exact) mass is 322 g/mol. The summed E-state index contributed by atoms with van der Waals surface area (Å²) in [5.74, 6) is 0. The lowest BCUT2D eigenvalue weighted by atomic mass is 10.4. The van der Waals surface area contributed by atoms with Crippen LogP contribution in [-0.2, 0) is 14.2 Å². The van der Waals surface area contributed by atoms with Gasteiger partial charge in [-0.25, -0.2) is 9.59 Å². The third kappa shape index (κ3) is 20.8. The number of ether oxygens (including phenoxy) is 3. The standard InChI is InChI=1S/C7H15NO3.C4H6O3.C3H9N/c1-5(2)8-7(10)11-4-6(3)9;1-3-2-6-4(5)7-3;1-3(2)4/h5-6,9H,4H2,1-3H3,(H,8,10);3H,2H2,1H3;3H,4H2,1-2H3. The lowest BCUT2D eigenvalue weighted by Gasteiger charge is -2.09. The quantitative estimate of drug-likeness (QED) is 0.672. The molecule has 1 aliphatic heterocycles. The normalized spacial score (nSPS) is 17.4. The number of aliphatic hydroxyl groups excluding tert-OH is 1. The molecule has 1 saturated heterocycles. The zero-order valence-electron chi connectivity index (χ0n) is 14.3. The summed E-state index contributed by atoms with van der Waals surface area (Å²) in [5, 5.41) is 11.3. The molecule has 1 aliphatic rings. The minimum Gasteiger partial charge on any atom is -0.447 e. The summed E-state index contributed by atoms with van der Waals surface area (Å²) < 4.78 is 13.5. The van der Waals surface area contributed by atoms with Gasteiger partial charge in [0.15, 0.2) is 0 Å². The average Bonchev–Trinajstić information content (AvgIpc) is 2.70. The molecule has 1 fully saturated rings. The second kappa shape index (κ2) is 13.1. The summed E-state index contributed by atoms with van der Waals surface area (Å²) in [6.45, 7) is 11.3. The summed E-state index contributed by atoms with van der Waals surface area (Å²) in [5.41, 5.74) is 5.11. The van der Waals surface area contributed by atoms with E-state index >= 15 is 0 Å². The molecule has 0 spiro atoms. The van der Waals surface area contributed by atoms with Crippen LogP contribution in [0, 0.1) is 0 Å². The molecule has 4 N–H and O–H groups in total. The van der Waals surface area contributed by atoms with Crippen molar-refractivity contribution in [2.24, 2.45) is 5.73 Å². The zero-order valence-corrected chi connectivity index (χ0v) is 14.3. The number of alkyl carbamates (subject to hydrolysis) is 1. The van der Waals surface area contributed by atoms with Crippen molar-refractivity contribution in [3.05, 3.63) is 0 Å². The van der Waals surface area contributed by atoms with Crippen molar-refractivity contribution in [3.8, 4) is 0 Å². The number of nitrogens with one attached hydrogen (secondary N) is 1. The van der Waals surface area contributed by atoms with Crippen molar-refractivity contribution in [2.45, 2.75) is 65.8 Å². The van der Waals surface area contributed by atoms with E-state index in [1.165, 1.54) is 0 Å². The molecule has 0 aliphatic carbocycles. The Hall–Kier alpha value is -1.54. The maximum Gasteiger partial charge on any atom is 0.508 e. The molecule has 8 nitrogen and oxygen atoms in total. The molecule has 0 aromatic carbocycles. The fourth-order valence-corrected chi connectivity index (χ4v) is 0.891. The minimum atomic E-state index is -0.604. The van der Waals surface area contributed by atoms with Gasteiger partial charge in [0.05, 0.1) is 6.10 Å². The third-order valence-corrected chi connectivity index (χ3v) is 1.60. The van der Waals surface area contributed by atoms with E-state index in [2.05, 4.69) is 19.5 Å². The predicted octanol–water partition coefficient (Wildman–Crippen LogP) is 1.40. The highest BCUT2D eigenvalue weighted by Crippen LogP contribution is 2.02. The molecule has 0 saturated carbocycles. The molecule has 1 amide bonds. The second-order valence-electron chi connectivity index (χ2n) is 5.48. The van der Waals surface area contributed by atoms with E-state index < -0.39 is 18.4 Å². The Morgan fingerprint density at radius 3 is 2.14 bits per heavy atom. The van der Waals surface area contributed by atoms with Gasteiger partial charge in [-0.3, -0.25) is 0 Å². The Labute approximate surface area is 132 Å². The summed E-state index contributed by atoms with van der Waals surface area (Å²) in [7, 11) is 0. The van der Waals surface area contributed by atoms with E-state index in [0.29, 0.717) is 12.6 Å². The van der Waals surface area contributed by atoms with E-state index in [1.54, 1.807) is 13.8 Å². The molecule has 22 heavy (non-hydrogen) atoms. The fourth-order valence-electron chi connectivity index (χ4n) is 0.891. The number of carbonyl (C=O) groups excluding carboxylic acids is 2. The lowest BCUT2D eigenvalue weighted by Crippen LogP contribution is -2.32. The Bertz CT molecular complexity index is 305. The fraction of sp³-hybridized carbons (Fsp3) is 0.857. The van der Waals surface area contributed by atoms with E-state index in [4.69, 9.17) is 10.8 Å². The van der Waals surface area contributed by atoms with Gasteiger partial charge in [-0.05, 0) is 33.7 Å². The molecule has 8 heteroatoms. The molecular formula is C14H30N2O6. The van der Waals surface area contributed by atoms with Crippen LogP contribution in [-0.4, -0.2) is 54.9 Å². The van der Waals surface area contributed by atoms with Gasteiger partial charge < -0.3 is 30.4 Å². The smallest absolute Gasteiger partial charge is 0.447 e. The number of carbonyl (C=O) groups is 2. The van der Waals surface area contributed by atoms with Gasteiger partial charge in [0.1, 0.15) is 19.3 Å². The first-order chi connectivity index (χ1) is 10.0. The number of cyclic esters (lactones) is 2. The van der Waals surface area contributed by atoms with Gasteiger partial charge in [-0.2, -0.15) is 0 Å². The van der Waals surface area contributed by atoms with Crippen molar-refractivity contribution in [1.29, 1.82) is 0 Å². The third-order valence-electron chi connectivity index (χ3n) is 1.60. The summed E-state index contributed by atoms with van der Waals surface area (Å²) >= 11 is 0. The first kappa shape index (κ1) is 22.7. The van der Waals surface area contributed by atoms with Crippen LogP contribution in [0.1, 0.15) is 41.5 Å². The van der Waals surface area contributed by atoms with E-state index in [-0.39, 0.29) is 18.8 Å².